The normalized spacial score (nSPS) is 16.9. The number of thioether (sulfide) groups is 1. The number of hydrogen-bond acceptors (Lipinski definition) is 7. The van der Waals surface area contributed by atoms with Gasteiger partial charge in [0.1, 0.15) is 11.5 Å². The molecule has 1 saturated heterocycles. The van der Waals surface area contributed by atoms with Gasteiger partial charge in [0.15, 0.2) is 11.5 Å². The van der Waals surface area contributed by atoms with Crippen molar-refractivity contribution in [3.8, 4) is 23.0 Å². The average Bonchev–Trinajstić information content (AvgIpc) is 3.23. The molecule has 144 valence electrons. The van der Waals surface area contributed by atoms with Crippen LogP contribution in [0.15, 0.2) is 35.2 Å². The lowest BCUT2D eigenvalue weighted by molar-refractivity contribution is -0.123. The minimum atomic E-state index is -0.467. The van der Waals surface area contributed by atoms with Crippen LogP contribution in [-0.2, 0) is 11.3 Å². The van der Waals surface area contributed by atoms with Crippen molar-refractivity contribution in [2.45, 2.75) is 6.54 Å². The zero-order valence-electron chi connectivity index (χ0n) is 14.6. The number of hydrogen-bond donors (Lipinski definition) is 1. The summed E-state index contributed by atoms with van der Waals surface area (Å²) in [6.45, 7) is 0.102. The van der Waals surface area contributed by atoms with Gasteiger partial charge in [0.2, 0.25) is 6.79 Å². The van der Waals surface area contributed by atoms with Crippen molar-refractivity contribution in [3.05, 3.63) is 51.4 Å². The van der Waals surface area contributed by atoms with Crippen molar-refractivity contribution >= 4 is 40.6 Å². The van der Waals surface area contributed by atoms with E-state index in [1.54, 1.807) is 24.3 Å². The molecule has 0 radical (unpaired) electrons. The fraction of sp³-hybridized carbons (Fsp3) is 0.158. The Morgan fingerprint density at radius 2 is 2.00 bits per heavy atom. The minimum Gasteiger partial charge on any atom is -0.507 e. The maximum Gasteiger partial charge on any atom is 0.293 e. The lowest BCUT2D eigenvalue weighted by atomic mass is 10.1. The Kier molecular flexibility index (Phi) is 4.82. The first-order valence-electron chi connectivity index (χ1n) is 8.16. The van der Waals surface area contributed by atoms with Crippen LogP contribution in [-0.4, -0.2) is 35.1 Å². The molecule has 0 saturated carbocycles. The number of ether oxygens (including phenoxy) is 3. The summed E-state index contributed by atoms with van der Waals surface area (Å²) in [4.78, 5) is 26.4. The molecule has 2 amide bonds. The molecular weight excluding hydrogens is 406 g/mol. The Labute approximate surface area is 169 Å². The fourth-order valence-electron chi connectivity index (χ4n) is 2.80. The van der Waals surface area contributed by atoms with Crippen LogP contribution in [0.5, 0.6) is 23.0 Å². The number of phenolic OH excluding ortho intramolecular Hbond substituents is 1. The summed E-state index contributed by atoms with van der Waals surface area (Å²) < 4.78 is 15.7. The van der Waals surface area contributed by atoms with Gasteiger partial charge < -0.3 is 19.3 Å². The molecule has 4 rings (SSSR count). The van der Waals surface area contributed by atoms with Crippen LogP contribution in [0.3, 0.4) is 0 Å². The number of benzene rings is 2. The number of methoxy groups -OCH3 is 1. The Bertz CT molecular complexity index is 1020. The molecule has 28 heavy (non-hydrogen) atoms. The second-order valence-corrected chi connectivity index (χ2v) is 7.39. The molecule has 2 heterocycles. The highest BCUT2D eigenvalue weighted by Crippen LogP contribution is 2.40. The van der Waals surface area contributed by atoms with E-state index in [-0.39, 0.29) is 24.0 Å². The van der Waals surface area contributed by atoms with Crippen molar-refractivity contribution in [1.82, 2.24) is 4.90 Å². The van der Waals surface area contributed by atoms with Crippen LogP contribution in [0.25, 0.3) is 6.08 Å². The third-order valence-corrected chi connectivity index (χ3v) is 5.52. The number of carbonyl (C=O) groups is 2. The minimum absolute atomic E-state index is 0.00156. The summed E-state index contributed by atoms with van der Waals surface area (Å²) in [5.74, 6) is 1.08. The van der Waals surface area contributed by atoms with E-state index in [2.05, 4.69) is 0 Å². The largest absolute Gasteiger partial charge is 0.507 e. The SMILES string of the molecule is COc1ccc(O)c(/C=C2\SC(=O)N(Cc3cc4c(cc3Cl)OCO4)C2=O)c1. The highest BCUT2D eigenvalue weighted by molar-refractivity contribution is 8.18. The highest BCUT2D eigenvalue weighted by atomic mass is 35.5. The molecule has 2 aliphatic rings. The van der Waals surface area contributed by atoms with Crippen molar-refractivity contribution in [2.24, 2.45) is 0 Å². The van der Waals surface area contributed by atoms with Crippen LogP contribution in [0.1, 0.15) is 11.1 Å². The molecule has 0 aliphatic carbocycles. The quantitative estimate of drug-likeness (QED) is 0.749. The molecule has 2 aromatic rings. The van der Waals surface area contributed by atoms with Crippen LogP contribution in [0.2, 0.25) is 5.02 Å². The standard InChI is InChI=1S/C19H14ClNO6S/c1-25-12-2-3-14(22)10(4-12)6-17-18(23)21(19(24)28-17)8-11-5-15-16(7-13(11)20)27-9-26-15/h2-7,22H,8-9H2,1H3/b17-6-. The number of amides is 2. The summed E-state index contributed by atoms with van der Waals surface area (Å²) >= 11 is 7.05. The second kappa shape index (κ2) is 7.29. The molecule has 1 N–H and O–H groups in total. The molecule has 0 spiro atoms. The number of nitrogens with zero attached hydrogens (tertiary/aromatic N) is 1. The molecule has 2 aliphatic heterocycles. The number of fused-ring (bicyclic) bond motifs is 1. The highest BCUT2D eigenvalue weighted by Gasteiger charge is 2.36. The van der Waals surface area contributed by atoms with Gasteiger partial charge in [0.25, 0.3) is 11.1 Å². The lowest BCUT2D eigenvalue weighted by Gasteiger charge is -2.14. The van der Waals surface area contributed by atoms with E-state index >= 15 is 0 Å². The number of rotatable bonds is 4. The first kappa shape index (κ1) is 18.5. The average molecular weight is 420 g/mol. The van der Waals surface area contributed by atoms with Gasteiger partial charge in [0.05, 0.1) is 18.6 Å². The first-order chi connectivity index (χ1) is 13.5. The summed E-state index contributed by atoms with van der Waals surface area (Å²) in [5.41, 5.74) is 0.949. The van der Waals surface area contributed by atoms with E-state index in [1.165, 1.54) is 19.3 Å². The predicted molar refractivity (Wildman–Crippen MR) is 104 cm³/mol. The van der Waals surface area contributed by atoms with E-state index in [4.69, 9.17) is 25.8 Å². The van der Waals surface area contributed by atoms with Crippen LogP contribution < -0.4 is 14.2 Å². The van der Waals surface area contributed by atoms with Gasteiger partial charge in [-0.1, -0.05) is 11.6 Å². The Hall–Kier alpha value is -2.84. The predicted octanol–water partition coefficient (Wildman–Crippen LogP) is 4.02. The number of aromatic hydroxyl groups is 1. The molecule has 7 nitrogen and oxygen atoms in total. The van der Waals surface area contributed by atoms with Gasteiger partial charge in [-0.3, -0.25) is 14.5 Å². The third kappa shape index (κ3) is 3.36. The molecular formula is C19H14ClNO6S. The number of phenols is 1. The van der Waals surface area contributed by atoms with E-state index in [0.29, 0.717) is 33.4 Å². The summed E-state index contributed by atoms with van der Waals surface area (Å²) in [6.07, 6.45) is 1.46. The van der Waals surface area contributed by atoms with Gasteiger partial charge in [-0.15, -0.1) is 0 Å². The molecule has 0 aromatic heterocycles. The smallest absolute Gasteiger partial charge is 0.293 e. The van der Waals surface area contributed by atoms with E-state index < -0.39 is 11.1 Å². The van der Waals surface area contributed by atoms with E-state index in [1.807, 2.05) is 0 Å². The van der Waals surface area contributed by atoms with Gasteiger partial charge in [-0.05, 0) is 47.7 Å². The first-order valence-corrected chi connectivity index (χ1v) is 9.36. The van der Waals surface area contributed by atoms with Crippen LogP contribution >= 0.6 is 23.4 Å². The molecule has 0 unspecified atom stereocenters. The van der Waals surface area contributed by atoms with Crippen molar-refractivity contribution < 1.29 is 28.9 Å². The van der Waals surface area contributed by atoms with E-state index in [9.17, 15) is 14.7 Å². The molecule has 1 fully saturated rings. The monoisotopic (exact) mass is 419 g/mol. The van der Waals surface area contributed by atoms with Crippen molar-refractivity contribution in [1.29, 1.82) is 0 Å². The number of halogens is 1. The Morgan fingerprint density at radius 3 is 2.75 bits per heavy atom. The van der Waals surface area contributed by atoms with Crippen molar-refractivity contribution in [3.63, 3.8) is 0 Å². The van der Waals surface area contributed by atoms with Crippen LogP contribution in [0, 0.1) is 0 Å². The number of carbonyl (C=O) groups excluding carboxylic acids is 2. The van der Waals surface area contributed by atoms with Gasteiger partial charge in [-0.25, -0.2) is 0 Å². The molecule has 2 aromatic carbocycles. The van der Waals surface area contributed by atoms with Crippen LogP contribution in [0.4, 0.5) is 4.79 Å². The van der Waals surface area contributed by atoms with Gasteiger partial charge >= 0.3 is 0 Å². The summed E-state index contributed by atoms with van der Waals surface area (Å²) in [7, 11) is 1.50. The van der Waals surface area contributed by atoms with Gasteiger partial charge in [0, 0.05) is 16.7 Å². The lowest BCUT2D eigenvalue weighted by Crippen LogP contribution is -2.27. The van der Waals surface area contributed by atoms with Gasteiger partial charge in [-0.2, -0.15) is 0 Å². The zero-order valence-corrected chi connectivity index (χ0v) is 16.2. The third-order valence-electron chi connectivity index (χ3n) is 4.26. The zero-order chi connectivity index (χ0) is 19.8. The summed E-state index contributed by atoms with van der Waals surface area (Å²) in [6, 6.07) is 7.90. The second-order valence-electron chi connectivity index (χ2n) is 5.99. The Balaban J connectivity index is 1.60. The van der Waals surface area contributed by atoms with Crippen molar-refractivity contribution in [2.75, 3.05) is 13.9 Å². The molecule has 0 atom stereocenters. The molecule has 0 bridgehead atoms. The Morgan fingerprint density at radius 1 is 1.25 bits per heavy atom. The maximum absolute atomic E-state index is 12.7. The van der Waals surface area contributed by atoms with E-state index in [0.717, 1.165) is 16.7 Å². The fourth-order valence-corrected chi connectivity index (χ4v) is 3.85. The number of imide groups is 1. The topological polar surface area (TPSA) is 85.3 Å². The maximum atomic E-state index is 12.7. The molecule has 9 heteroatoms. The summed E-state index contributed by atoms with van der Waals surface area (Å²) in [5, 5.41) is 9.96.